The number of esters is 1. The van der Waals surface area contributed by atoms with Crippen LogP contribution in [0.2, 0.25) is 10.0 Å². The molecule has 0 bridgehead atoms. The molecule has 0 N–H and O–H groups in total. The number of aryl methyl sites for hydroxylation is 1. The zero-order chi connectivity index (χ0) is 23.5. The maximum absolute atomic E-state index is 12.4. The minimum atomic E-state index is -0.564. The van der Waals surface area contributed by atoms with Crippen LogP contribution in [-0.2, 0) is 16.1 Å². The fourth-order valence-electron chi connectivity index (χ4n) is 3.20. The summed E-state index contributed by atoms with van der Waals surface area (Å²) in [6.07, 6.45) is 1.62. The first kappa shape index (κ1) is 23.4. The van der Waals surface area contributed by atoms with Gasteiger partial charge in [-0.2, -0.15) is 0 Å². The van der Waals surface area contributed by atoms with Gasteiger partial charge in [-0.25, -0.2) is 9.79 Å². The van der Waals surface area contributed by atoms with E-state index in [1.807, 2.05) is 37.3 Å². The molecule has 0 saturated heterocycles. The van der Waals surface area contributed by atoms with Gasteiger partial charge in [-0.15, -0.1) is 0 Å². The minimum Gasteiger partial charge on any atom is -0.493 e. The molecule has 0 aliphatic carbocycles. The number of hydrogen-bond donors (Lipinski definition) is 0. The summed E-state index contributed by atoms with van der Waals surface area (Å²) >= 11 is 15.6. The second-order valence-corrected chi connectivity index (χ2v) is 8.88. The maximum atomic E-state index is 12.4. The van der Waals surface area contributed by atoms with Crippen LogP contribution in [-0.4, -0.2) is 19.0 Å². The van der Waals surface area contributed by atoms with E-state index in [0.29, 0.717) is 43.8 Å². The second-order valence-electron chi connectivity index (χ2n) is 7.21. The lowest BCUT2D eigenvalue weighted by molar-refractivity contribution is -0.129. The largest absolute Gasteiger partial charge is 0.493 e. The lowest BCUT2D eigenvalue weighted by Crippen LogP contribution is -2.05. The molecule has 4 rings (SSSR count). The SMILES string of the molecule is COc1cc(/C=C2\N=C(c3ccc(Cl)c(Cl)c3)OC2=O)cc(Br)c1OCc1ccccc1C. The highest BCUT2D eigenvalue weighted by Gasteiger charge is 2.25. The van der Waals surface area contributed by atoms with E-state index in [0.717, 1.165) is 11.1 Å². The van der Waals surface area contributed by atoms with Crippen molar-refractivity contribution in [1.82, 2.24) is 0 Å². The highest BCUT2D eigenvalue weighted by atomic mass is 79.9. The Bertz CT molecular complexity index is 1300. The van der Waals surface area contributed by atoms with Crippen LogP contribution < -0.4 is 9.47 Å². The Morgan fingerprint density at radius 3 is 2.61 bits per heavy atom. The molecule has 1 aliphatic heterocycles. The molecule has 0 spiro atoms. The summed E-state index contributed by atoms with van der Waals surface area (Å²) in [5.41, 5.74) is 3.62. The van der Waals surface area contributed by atoms with Crippen molar-refractivity contribution < 1.29 is 19.0 Å². The number of carbonyl (C=O) groups excluding carboxylic acids is 1. The first-order chi connectivity index (χ1) is 15.9. The Morgan fingerprint density at radius 1 is 1.09 bits per heavy atom. The van der Waals surface area contributed by atoms with Gasteiger partial charge in [0.1, 0.15) is 6.61 Å². The van der Waals surface area contributed by atoms with Gasteiger partial charge in [0.25, 0.3) is 0 Å². The van der Waals surface area contributed by atoms with E-state index in [2.05, 4.69) is 20.9 Å². The molecule has 0 radical (unpaired) electrons. The monoisotopic (exact) mass is 545 g/mol. The second kappa shape index (κ2) is 10.00. The number of aliphatic imine (C=N–C) groups is 1. The van der Waals surface area contributed by atoms with Crippen molar-refractivity contribution in [3.05, 3.63) is 97.1 Å². The summed E-state index contributed by atoms with van der Waals surface area (Å²) in [6, 6.07) is 16.5. The summed E-state index contributed by atoms with van der Waals surface area (Å²) in [5.74, 6) is 0.682. The number of cyclic esters (lactones) is 1. The van der Waals surface area contributed by atoms with Gasteiger partial charge >= 0.3 is 5.97 Å². The van der Waals surface area contributed by atoms with Gasteiger partial charge in [0.05, 0.1) is 21.6 Å². The Hall–Kier alpha value is -2.80. The summed E-state index contributed by atoms with van der Waals surface area (Å²) in [4.78, 5) is 16.7. The third kappa shape index (κ3) is 5.24. The van der Waals surface area contributed by atoms with Gasteiger partial charge in [0, 0.05) is 5.56 Å². The van der Waals surface area contributed by atoms with Crippen LogP contribution in [0.5, 0.6) is 11.5 Å². The molecular formula is C25H18BrCl2NO4. The van der Waals surface area contributed by atoms with Crippen LogP contribution in [0.4, 0.5) is 0 Å². The standard InChI is InChI=1S/C25H18BrCl2NO4/c1-14-5-3-4-6-17(14)13-32-23-18(26)9-15(11-22(23)31-2)10-21-25(30)33-24(29-21)16-7-8-19(27)20(28)12-16/h3-12H,13H2,1-2H3/b21-10-. The molecule has 0 unspecified atom stereocenters. The van der Waals surface area contributed by atoms with Gasteiger partial charge in [-0.1, -0.05) is 47.5 Å². The number of halogens is 3. The van der Waals surface area contributed by atoms with Crippen molar-refractivity contribution in [2.45, 2.75) is 13.5 Å². The lowest BCUT2D eigenvalue weighted by Gasteiger charge is -2.14. The van der Waals surface area contributed by atoms with Crippen LogP contribution in [0, 0.1) is 6.92 Å². The minimum absolute atomic E-state index is 0.151. The average Bonchev–Trinajstić information content (AvgIpc) is 3.15. The van der Waals surface area contributed by atoms with E-state index in [1.54, 1.807) is 37.5 Å². The van der Waals surface area contributed by atoms with Crippen molar-refractivity contribution in [3.8, 4) is 11.5 Å². The molecule has 1 heterocycles. The third-order valence-corrected chi connectivity index (χ3v) is 6.30. The van der Waals surface area contributed by atoms with E-state index in [1.165, 1.54) is 0 Å². The molecular weight excluding hydrogens is 529 g/mol. The number of carbonyl (C=O) groups is 1. The number of methoxy groups -OCH3 is 1. The predicted molar refractivity (Wildman–Crippen MR) is 133 cm³/mol. The number of hydrogen-bond acceptors (Lipinski definition) is 5. The van der Waals surface area contributed by atoms with E-state index in [9.17, 15) is 4.79 Å². The maximum Gasteiger partial charge on any atom is 0.363 e. The van der Waals surface area contributed by atoms with E-state index in [-0.39, 0.29) is 11.6 Å². The summed E-state index contributed by atoms with van der Waals surface area (Å²) < 4.78 is 17.6. The fraction of sp³-hybridized carbons (Fsp3) is 0.120. The zero-order valence-electron chi connectivity index (χ0n) is 17.7. The summed E-state index contributed by atoms with van der Waals surface area (Å²) in [6.45, 7) is 2.43. The Morgan fingerprint density at radius 2 is 1.88 bits per heavy atom. The topological polar surface area (TPSA) is 57.1 Å². The van der Waals surface area contributed by atoms with Gasteiger partial charge in [-0.3, -0.25) is 0 Å². The van der Waals surface area contributed by atoms with Crippen molar-refractivity contribution >= 4 is 57.1 Å². The number of rotatable bonds is 6. The molecule has 0 amide bonds. The van der Waals surface area contributed by atoms with Crippen LogP contribution >= 0.6 is 39.1 Å². The molecule has 3 aromatic carbocycles. The molecule has 1 aliphatic rings. The number of benzene rings is 3. The Labute approximate surface area is 209 Å². The van der Waals surface area contributed by atoms with Crippen LogP contribution in [0.15, 0.2) is 69.8 Å². The molecule has 33 heavy (non-hydrogen) atoms. The van der Waals surface area contributed by atoms with Crippen LogP contribution in [0.25, 0.3) is 6.08 Å². The number of ether oxygens (including phenoxy) is 3. The highest BCUT2D eigenvalue weighted by Crippen LogP contribution is 2.38. The Balaban J connectivity index is 1.60. The first-order valence-electron chi connectivity index (χ1n) is 9.88. The van der Waals surface area contributed by atoms with Gasteiger partial charge in [-0.05, 0) is 76.0 Å². The lowest BCUT2D eigenvalue weighted by atomic mass is 10.1. The number of nitrogens with zero attached hydrogens (tertiary/aromatic N) is 1. The Kier molecular flexibility index (Phi) is 7.08. The summed E-state index contributed by atoms with van der Waals surface area (Å²) in [5, 5.41) is 0.753. The van der Waals surface area contributed by atoms with Gasteiger partial charge in [0.2, 0.25) is 5.90 Å². The van der Waals surface area contributed by atoms with Gasteiger partial charge < -0.3 is 14.2 Å². The van der Waals surface area contributed by atoms with Gasteiger partial charge in [0.15, 0.2) is 17.2 Å². The molecule has 3 aromatic rings. The molecule has 5 nitrogen and oxygen atoms in total. The average molecular weight is 547 g/mol. The van der Waals surface area contributed by atoms with E-state index in [4.69, 9.17) is 37.4 Å². The molecule has 0 saturated carbocycles. The molecule has 8 heteroatoms. The fourth-order valence-corrected chi connectivity index (χ4v) is 4.08. The van der Waals surface area contributed by atoms with Crippen LogP contribution in [0.1, 0.15) is 22.3 Å². The summed E-state index contributed by atoms with van der Waals surface area (Å²) in [7, 11) is 1.56. The first-order valence-corrected chi connectivity index (χ1v) is 11.4. The van der Waals surface area contributed by atoms with E-state index < -0.39 is 5.97 Å². The van der Waals surface area contributed by atoms with Crippen LogP contribution in [0.3, 0.4) is 0 Å². The van der Waals surface area contributed by atoms with Crippen molar-refractivity contribution in [2.24, 2.45) is 4.99 Å². The van der Waals surface area contributed by atoms with E-state index >= 15 is 0 Å². The van der Waals surface area contributed by atoms with Crippen molar-refractivity contribution in [2.75, 3.05) is 7.11 Å². The normalized spacial score (nSPS) is 14.3. The smallest absolute Gasteiger partial charge is 0.363 e. The quantitative estimate of drug-likeness (QED) is 0.247. The third-order valence-electron chi connectivity index (χ3n) is 4.98. The zero-order valence-corrected chi connectivity index (χ0v) is 20.8. The van der Waals surface area contributed by atoms with Crippen molar-refractivity contribution in [1.29, 1.82) is 0 Å². The highest BCUT2D eigenvalue weighted by molar-refractivity contribution is 9.10. The molecule has 0 fully saturated rings. The van der Waals surface area contributed by atoms with Crippen molar-refractivity contribution in [3.63, 3.8) is 0 Å². The molecule has 168 valence electrons. The molecule has 0 aromatic heterocycles. The predicted octanol–water partition coefficient (Wildman–Crippen LogP) is 7.00. The molecule has 0 atom stereocenters.